The lowest BCUT2D eigenvalue weighted by atomic mass is 10.1. The number of aromatic amines is 1. The van der Waals surface area contributed by atoms with Gasteiger partial charge in [0.25, 0.3) is 5.91 Å². The Morgan fingerprint density at radius 2 is 2.00 bits per heavy atom. The summed E-state index contributed by atoms with van der Waals surface area (Å²) in [5, 5.41) is 2.91. The number of carbonyl (C=O) groups excluding carboxylic acids is 1. The summed E-state index contributed by atoms with van der Waals surface area (Å²) in [7, 11) is 0. The number of hydrogen-bond acceptors (Lipinski definition) is 3. The van der Waals surface area contributed by atoms with Crippen LogP contribution in [0.2, 0.25) is 5.22 Å². The molecule has 100 valence electrons. The Morgan fingerprint density at radius 3 is 2.60 bits per heavy atom. The number of furan rings is 1. The van der Waals surface area contributed by atoms with Gasteiger partial charge in [0.15, 0.2) is 11.0 Å². The number of aromatic nitrogens is 2. The molecule has 6 heteroatoms. The van der Waals surface area contributed by atoms with Crippen molar-refractivity contribution in [2.45, 2.75) is 0 Å². The van der Waals surface area contributed by atoms with Crippen LogP contribution >= 0.6 is 11.6 Å². The number of hydrogen-bond donors (Lipinski definition) is 2. The van der Waals surface area contributed by atoms with E-state index < -0.39 is 0 Å². The minimum absolute atomic E-state index is 0.174. The first-order chi connectivity index (χ1) is 9.72. The van der Waals surface area contributed by atoms with Gasteiger partial charge in [0.1, 0.15) is 0 Å². The minimum Gasteiger partial charge on any atom is -0.440 e. The maximum atomic E-state index is 11.9. The molecule has 0 unspecified atom stereocenters. The topological polar surface area (TPSA) is 70.9 Å². The monoisotopic (exact) mass is 287 g/mol. The average Bonchev–Trinajstić information content (AvgIpc) is 3.10. The van der Waals surface area contributed by atoms with Gasteiger partial charge in [0.2, 0.25) is 0 Å². The molecule has 0 atom stereocenters. The van der Waals surface area contributed by atoms with Crippen LogP contribution in [-0.2, 0) is 0 Å². The zero-order valence-corrected chi connectivity index (χ0v) is 11.0. The van der Waals surface area contributed by atoms with Crippen LogP contribution in [0, 0.1) is 0 Å². The van der Waals surface area contributed by atoms with Crippen LogP contribution in [0.3, 0.4) is 0 Å². The van der Waals surface area contributed by atoms with Gasteiger partial charge in [0.05, 0.1) is 18.2 Å². The predicted octanol–water partition coefficient (Wildman–Crippen LogP) is 3.58. The molecule has 0 fully saturated rings. The van der Waals surface area contributed by atoms with Crippen LogP contribution in [0.15, 0.2) is 53.3 Å². The highest BCUT2D eigenvalue weighted by Gasteiger charge is 2.10. The van der Waals surface area contributed by atoms with E-state index >= 15 is 0 Å². The molecule has 2 aromatic heterocycles. The van der Waals surface area contributed by atoms with Crippen molar-refractivity contribution in [2.75, 3.05) is 5.32 Å². The average molecular weight is 288 g/mol. The second-order valence-electron chi connectivity index (χ2n) is 4.10. The number of rotatable bonds is 3. The van der Waals surface area contributed by atoms with Crippen LogP contribution < -0.4 is 5.32 Å². The highest BCUT2D eigenvalue weighted by molar-refractivity contribution is 6.29. The van der Waals surface area contributed by atoms with Crippen molar-refractivity contribution in [2.24, 2.45) is 0 Å². The fourth-order valence-electron chi connectivity index (χ4n) is 1.78. The van der Waals surface area contributed by atoms with Crippen molar-refractivity contribution in [3.63, 3.8) is 0 Å². The fraction of sp³-hybridized carbons (Fsp3) is 0. The molecule has 1 amide bonds. The first-order valence-electron chi connectivity index (χ1n) is 5.88. The maximum absolute atomic E-state index is 11.9. The number of carbonyl (C=O) groups is 1. The number of imidazole rings is 1. The highest BCUT2D eigenvalue weighted by Crippen LogP contribution is 2.20. The Balaban J connectivity index is 1.74. The summed E-state index contributed by atoms with van der Waals surface area (Å²) in [4.78, 5) is 18.8. The van der Waals surface area contributed by atoms with Crippen LogP contribution in [0.25, 0.3) is 11.3 Å². The number of anilines is 1. The second kappa shape index (κ2) is 5.22. The third-order valence-corrected chi connectivity index (χ3v) is 2.95. The van der Waals surface area contributed by atoms with Crippen molar-refractivity contribution < 1.29 is 9.21 Å². The minimum atomic E-state index is -0.341. The lowest BCUT2D eigenvalue weighted by molar-refractivity contribution is 0.0997. The Hall–Kier alpha value is -2.53. The summed E-state index contributed by atoms with van der Waals surface area (Å²) in [5.74, 6) is -0.168. The van der Waals surface area contributed by atoms with E-state index in [0.717, 1.165) is 11.3 Å². The quantitative estimate of drug-likeness (QED) is 0.773. The van der Waals surface area contributed by atoms with Crippen LogP contribution in [0.5, 0.6) is 0 Å². The van der Waals surface area contributed by atoms with Gasteiger partial charge < -0.3 is 14.7 Å². The molecular weight excluding hydrogens is 278 g/mol. The lowest BCUT2D eigenvalue weighted by Crippen LogP contribution is -2.10. The summed E-state index contributed by atoms with van der Waals surface area (Å²) >= 11 is 5.63. The molecule has 2 heterocycles. The van der Waals surface area contributed by atoms with E-state index in [1.807, 2.05) is 12.1 Å². The number of H-pyrrole nitrogens is 1. The van der Waals surface area contributed by atoms with Gasteiger partial charge in [-0.2, -0.15) is 0 Å². The van der Waals surface area contributed by atoms with E-state index in [1.165, 1.54) is 12.1 Å². The van der Waals surface area contributed by atoms with E-state index in [0.29, 0.717) is 5.69 Å². The third kappa shape index (κ3) is 2.57. The van der Waals surface area contributed by atoms with Crippen molar-refractivity contribution in [1.82, 2.24) is 9.97 Å². The van der Waals surface area contributed by atoms with Gasteiger partial charge in [-0.3, -0.25) is 4.79 Å². The second-order valence-corrected chi connectivity index (χ2v) is 4.47. The normalized spacial score (nSPS) is 10.4. The Kier molecular flexibility index (Phi) is 3.26. The number of nitrogens with zero attached hydrogens (tertiary/aromatic N) is 1. The molecule has 0 aliphatic heterocycles. The summed E-state index contributed by atoms with van der Waals surface area (Å²) < 4.78 is 5.04. The molecule has 3 aromatic rings. The number of nitrogens with one attached hydrogen (secondary N) is 2. The van der Waals surface area contributed by atoms with Crippen LogP contribution in [0.1, 0.15) is 10.6 Å². The largest absolute Gasteiger partial charge is 0.440 e. The predicted molar refractivity (Wildman–Crippen MR) is 75.7 cm³/mol. The molecule has 3 rings (SSSR count). The van der Waals surface area contributed by atoms with Crippen molar-refractivity contribution in [3.05, 3.63) is 59.9 Å². The summed E-state index contributed by atoms with van der Waals surface area (Å²) in [6.45, 7) is 0. The van der Waals surface area contributed by atoms with E-state index in [-0.39, 0.29) is 16.9 Å². The van der Waals surface area contributed by atoms with E-state index in [2.05, 4.69) is 15.3 Å². The van der Waals surface area contributed by atoms with Gasteiger partial charge in [0, 0.05) is 5.69 Å². The van der Waals surface area contributed by atoms with E-state index in [4.69, 9.17) is 16.0 Å². The Labute approximate surface area is 119 Å². The molecule has 0 saturated heterocycles. The Bertz CT molecular complexity index is 717. The van der Waals surface area contributed by atoms with Crippen molar-refractivity contribution in [3.8, 4) is 11.3 Å². The highest BCUT2D eigenvalue weighted by atomic mass is 35.5. The van der Waals surface area contributed by atoms with Gasteiger partial charge in [-0.25, -0.2) is 4.98 Å². The van der Waals surface area contributed by atoms with E-state index in [1.54, 1.807) is 24.7 Å². The van der Waals surface area contributed by atoms with Crippen molar-refractivity contribution >= 4 is 23.2 Å². The lowest BCUT2D eigenvalue weighted by Gasteiger charge is -2.04. The molecule has 5 nitrogen and oxygen atoms in total. The van der Waals surface area contributed by atoms with Gasteiger partial charge in [-0.05, 0) is 41.4 Å². The zero-order chi connectivity index (χ0) is 13.9. The third-order valence-electron chi connectivity index (χ3n) is 2.75. The van der Waals surface area contributed by atoms with Gasteiger partial charge in [-0.15, -0.1) is 0 Å². The molecule has 0 radical (unpaired) electrons. The summed E-state index contributed by atoms with van der Waals surface area (Å²) in [5.41, 5.74) is 2.58. The van der Waals surface area contributed by atoms with Crippen LogP contribution in [-0.4, -0.2) is 15.9 Å². The van der Waals surface area contributed by atoms with Gasteiger partial charge >= 0.3 is 0 Å². The van der Waals surface area contributed by atoms with Crippen molar-refractivity contribution in [1.29, 1.82) is 0 Å². The fourth-order valence-corrected chi connectivity index (χ4v) is 1.92. The molecule has 0 bridgehead atoms. The van der Waals surface area contributed by atoms with Crippen LogP contribution in [0.4, 0.5) is 5.69 Å². The molecule has 0 aliphatic rings. The number of benzene rings is 1. The molecule has 0 saturated carbocycles. The van der Waals surface area contributed by atoms with E-state index in [9.17, 15) is 4.79 Å². The maximum Gasteiger partial charge on any atom is 0.291 e. The Morgan fingerprint density at radius 1 is 1.20 bits per heavy atom. The number of halogens is 1. The standard InChI is InChI=1S/C14H10ClN3O2/c15-13-6-5-12(20-13)14(19)18-10-3-1-9(2-4-10)11-7-16-8-17-11/h1-8H,(H,16,17)(H,18,19). The SMILES string of the molecule is O=C(Nc1ccc(-c2cnc[nH]2)cc1)c1ccc(Cl)o1. The molecule has 0 spiro atoms. The van der Waals surface area contributed by atoms with Gasteiger partial charge in [-0.1, -0.05) is 12.1 Å². The molecule has 20 heavy (non-hydrogen) atoms. The number of amides is 1. The molecule has 0 aliphatic carbocycles. The molecule has 2 N–H and O–H groups in total. The molecular formula is C14H10ClN3O2. The summed E-state index contributed by atoms with van der Waals surface area (Å²) in [6, 6.07) is 10.4. The summed E-state index contributed by atoms with van der Waals surface area (Å²) in [6.07, 6.45) is 3.35. The first-order valence-corrected chi connectivity index (χ1v) is 6.26. The zero-order valence-electron chi connectivity index (χ0n) is 10.3. The first kappa shape index (κ1) is 12.5. The molecule has 1 aromatic carbocycles. The smallest absolute Gasteiger partial charge is 0.291 e.